The molecule has 1 aromatic carbocycles. The smallest absolute Gasteiger partial charge is 0.272 e. The average molecular weight is 379 g/mol. The first-order valence-electron chi connectivity index (χ1n) is 7.17. The van der Waals surface area contributed by atoms with E-state index in [1.165, 1.54) is 34.9 Å². The fourth-order valence-corrected chi connectivity index (χ4v) is 4.38. The number of carbonyl (C=O) groups is 1. The summed E-state index contributed by atoms with van der Waals surface area (Å²) in [5, 5.41) is 1.65. The van der Waals surface area contributed by atoms with E-state index in [1.54, 1.807) is 23.6 Å². The van der Waals surface area contributed by atoms with E-state index in [2.05, 4.69) is 4.72 Å². The lowest BCUT2D eigenvalue weighted by Gasteiger charge is -2.13. The molecular weight excluding hydrogens is 365 g/mol. The molecule has 6 nitrogen and oxygen atoms in total. The highest BCUT2D eigenvalue weighted by Gasteiger charge is 2.20. The lowest BCUT2D eigenvalue weighted by atomic mass is 10.2. The molecule has 2 heterocycles. The zero-order valence-corrected chi connectivity index (χ0v) is 14.5. The summed E-state index contributed by atoms with van der Waals surface area (Å²) in [6, 6.07) is 11.7. The van der Waals surface area contributed by atoms with Gasteiger partial charge in [-0.1, -0.05) is 18.2 Å². The van der Waals surface area contributed by atoms with Crippen LogP contribution in [0.1, 0.15) is 16.1 Å². The Morgan fingerprint density at radius 1 is 1.16 bits per heavy atom. The van der Waals surface area contributed by atoms with E-state index in [9.17, 15) is 17.6 Å². The molecule has 2 aromatic heterocycles. The van der Waals surface area contributed by atoms with Crippen molar-refractivity contribution in [3.8, 4) is 0 Å². The highest BCUT2D eigenvalue weighted by Crippen LogP contribution is 2.23. The van der Waals surface area contributed by atoms with Gasteiger partial charge >= 0.3 is 0 Å². The molecule has 0 saturated carbocycles. The molecule has 0 aliphatic heterocycles. The van der Waals surface area contributed by atoms with Gasteiger partial charge in [0.25, 0.3) is 15.9 Å². The van der Waals surface area contributed by atoms with Gasteiger partial charge in [0, 0.05) is 6.54 Å². The Labute approximate surface area is 147 Å². The zero-order valence-electron chi connectivity index (χ0n) is 12.8. The Balaban J connectivity index is 1.97. The summed E-state index contributed by atoms with van der Waals surface area (Å²) >= 11 is 1.08. The number of primary amides is 1. The summed E-state index contributed by atoms with van der Waals surface area (Å²) in [5.74, 6) is -0.875. The lowest BCUT2D eigenvalue weighted by Crippen LogP contribution is -2.20. The standard InChI is InChI=1S/C16H14FN3O3S2/c17-12-5-3-11(4-6-12)10-20-13(16(18)21)7-8-14(20)19-25(22,23)15-2-1-9-24-15/h1-9,19H,10H2,(H2,18,21). The summed E-state index contributed by atoms with van der Waals surface area (Å²) in [5.41, 5.74) is 6.21. The number of carbonyl (C=O) groups excluding carboxylic acids is 1. The number of hydrogen-bond acceptors (Lipinski definition) is 4. The predicted molar refractivity (Wildman–Crippen MR) is 93.6 cm³/mol. The van der Waals surface area contributed by atoms with Gasteiger partial charge in [0.15, 0.2) is 0 Å². The first-order valence-corrected chi connectivity index (χ1v) is 9.53. The molecule has 3 N–H and O–H groups in total. The van der Waals surface area contributed by atoms with Gasteiger partial charge in [0.1, 0.15) is 21.5 Å². The van der Waals surface area contributed by atoms with Crippen molar-refractivity contribution in [3.05, 3.63) is 71.0 Å². The van der Waals surface area contributed by atoms with Crippen LogP contribution in [-0.4, -0.2) is 18.9 Å². The van der Waals surface area contributed by atoms with Crippen molar-refractivity contribution in [1.82, 2.24) is 4.57 Å². The Bertz CT molecular complexity index is 994. The molecule has 0 radical (unpaired) electrons. The molecular formula is C16H14FN3O3S2. The van der Waals surface area contributed by atoms with Crippen molar-refractivity contribution < 1.29 is 17.6 Å². The van der Waals surface area contributed by atoms with Gasteiger partial charge in [-0.25, -0.2) is 12.8 Å². The first kappa shape index (κ1) is 17.2. The predicted octanol–water partition coefficient (Wildman–Crippen LogP) is 2.64. The maximum absolute atomic E-state index is 13.1. The number of hydrogen-bond donors (Lipinski definition) is 2. The lowest BCUT2D eigenvalue weighted by molar-refractivity contribution is 0.0992. The van der Waals surface area contributed by atoms with Crippen molar-refractivity contribution in [2.75, 3.05) is 4.72 Å². The van der Waals surface area contributed by atoms with Crippen molar-refractivity contribution in [2.45, 2.75) is 10.8 Å². The third-order valence-corrected chi connectivity index (χ3v) is 6.24. The molecule has 0 saturated heterocycles. The highest BCUT2D eigenvalue weighted by atomic mass is 32.2. The SMILES string of the molecule is NC(=O)c1ccc(NS(=O)(=O)c2cccs2)n1Cc1ccc(F)cc1. The molecule has 3 aromatic rings. The third kappa shape index (κ3) is 3.72. The van der Waals surface area contributed by atoms with Crippen LogP contribution in [0.5, 0.6) is 0 Å². The number of aromatic nitrogens is 1. The van der Waals surface area contributed by atoms with Gasteiger partial charge in [0.2, 0.25) is 0 Å². The van der Waals surface area contributed by atoms with Gasteiger partial charge < -0.3 is 10.3 Å². The van der Waals surface area contributed by atoms with Gasteiger partial charge in [-0.3, -0.25) is 9.52 Å². The Hall–Kier alpha value is -2.65. The van der Waals surface area contributed by atoms with Crippen LogP contribution in [0, 0.1) is 5.82 Å². The molecule has 0 fully saturated rings. The summed E-state index contributed by atoms with van der Waals surface area (Å²) < 4.78 is 41.9. The van der Waals surface area contributed by atoms with Crippen molar-refractivity contribution >= 4 is 33.1 Å². The number of nitrogens with zero attached hydrogens (tertiary/aromatic N) is 1. The fraction of sp³-hybridized carbons (Fsp3) is 0.0625. The maximum Gasteiger partial charge on any atom is 0.272 e. The maximum atomic E-state index is 13.1. The number of halogens is 1. The second-order valence-corrected chi connectivity index (χ2v) is 8.08. The molecule has 0 aliphatic carbocycles. The number of thiophene rings is 1. The molecule has 25 heavy (non-hydrogen) atoms. The van der Waals surface area contributed by atoms with Gasteiger partial charge in [0.05, 0.1) is 0 Å². The monoisotopic (exact) mass is 379 g/mol. The van der Waals surface area contributed by atoms with Crippen LogP contribution < -0.4 is 10.5 Å². The molecule has 1 amide bonds. The molecule has 130 valence electrons. The van der Waals surface area contributed by atoms with Crippen LogP contribution in [0.3, 0.4) is 0 Å². The molecule has 0 aliphatic rings. The summed E-state index contributed by atoms with van der Waals surface area (Å²) in [6.45, 7) is 0.161. The Kier molecular flexibility index (Phi) is 4.60. The number of anilines is 1. The molecule has 9 heteroatoms. The summed E-state index contributed by atoms with van der Waals surface area (Å²) in [7, 11) is -3.77. The summed E-state index contributed by atoms with van der Waals surface area (Å²) in [6.07, 6.45) is 0. The number of rotatable bonds is 6. The minimum atomic E-state index is -3.77. The van der Waals surface area contributed by atoms with Gasteiger partial charge in [-0.05, 0) is 41.3 Å². The molecule has 0 atom stereocenters. The molecule has 0 unspecified atom stereocenters. The van der Waals surface area contributed by atoms with Gasteiger partial charge in [-0.15, -0.1) is 11.3 Å². The van der Waals surface area contributed by atoms with Crippen molar-refractivity contribution in [1.29, 1.82) is 0 Å². The second kappa shape index (κ2) is 6.69. The van der Waals surface area contributed by atoms with Crippen LogP contribution in [-0.2, 0) is 16.6 Å². The first-order chi connectivity index (χ1) is 11.9. The normalized spacial score (nSPS) is 11.4. The molecule has 0 spiro atoms. The second-order valence-electron chi connectivity index (χ2n) is 5.22. The highest BCUT2D eigenvalue weighted by molar-refractivity contribution is 7.94. The van der Waals surface area contributed by atoms with Gasteiger partial charge in [-0.2, -0.15) is 0 Å². The Morgan fingerprint density at radius 3 is 2.48 bits per heavy atom. The number of nitrogens with one attached hydrogen (secondary N) is 1. The molecule has 0 bridgehead atoms. The van der Waals surface area contributed by atoms with E-state index in [-0.39, 0.29) is 28.1 Å². The fourth-order valence-electron chi connectivity index (χ4n) is 2.32. The van der Waals surface area contributed by atoms with Crippen LogP contribution in [0.2, 0.25) is 0 Å². The van der Waals surface area contributed by atoms with E-state index in [0.29, 0.717) is 5.56 Å². The molecule has 3 rings (SSSR count). The minimum Gasteiger partial charge on any atom is -0.364 e. The average Bonchev–Trinajstić information content (AvgIpc) is 3.20. The van der Waals surface area contributed by atoms with E-state index < -0.39 is 15.9 Å². The Morgan fingerprint density at radius 2 is 1.88 bits per heavy atom. The topological polar surface area (TPSA) is 94.2 Å². The van der Waals surface area contributed by atoms with E-state index in [4.69, 9.17) is 5.73 Å². The zero-order chi connectivity index (χ0) is 18.0. The number of benzene rings is 1. The van der Waals surface area contributed by atoms with Crippen LogP contribution in [0.4, 0.5) is 10.2 Å². The van der Waals surface area contributed by atoms with Crippen molar-refractivity contribution in [3.63, 3.8) is 0 Å². The third-order valence-electron chi connectivity index (χ3n) is 3.49. The van der Waals surface area contributed by atoms with E-state index in [1.807, 2.05) is 0 Å². The minimum absolute atomic E-state index is 0.146. The van der Waals surface area contributed by atoms with E-state index >= 15 is 0 Å². The largest absolute Gasteiger partial charge is 0.364 e. The number of amides is 1. The van der Waals surface area contributed by atoms with Crippen molar-refractivity contribution in [2.24, 2.45) is 5.73 Å². The van der Waals surface area contributed by atoms with Crippen LogP contribution in [0.25, 0.3) is 0 Å². The van der Waals surface area contributed by atoms with Crippen LogP contribution in [0.15, 0.2) is 58.1 Å². The quantitative estimate of drug-likeness (QED) is 0.689. The summed E-state index contributed by atoms with van der Waals surface area (Å²) in [4.78, 5) is 11.6. The van der Waals surface area contributed by atoms with E-state index in [0.717, 1.165) is 11.3 Å². The number of nitrogens with two attached hydrogens (primary N) is 1. The van der Waals surface area contributed by atoms with Crippen LogP contribution >= 0.6 is 11.3 Å². The number of sulfonamides is 1.